The highest BCUT2D eigenvalue weighted by molar-refractivity contribution is 5.42. The lowest BCUT2D eigenvalue weighted by molar-refractivity contribution is -0.112. The number of ether oxygens (including phenoxy) is 1. The Labute approximate surface area is 88.5 Å². The lowest BCUT2D eigenvalue weighted by Crippen LogP contribution is -2.44. The van der Waals surface area contributed by atoms with E-state index in [2.05, 4.69) is 5.32 Å². The standard InChI is InChI=1S/C11H15NO3/c13-9-6-11(15-7-10(9)14)12-8-4-2-1-3-5-8/h1-5,9-14H,6-7H2/t9-,10+,11-/m1/s1. The van der Waals surface area contributed by atoms with Crippen LogP contribution < -0.4 is 5.32 Å². The summed E-state index contributed by atoms with van der Waals surface area (Å²) in [7, 11) is 0. The average Bonchev–Trinajstić information content (AvgIpc) is 2.25. The summed E-state index contributed by atoms with van der Waals surface area (Å²) >= 11 is 0. The molecule has 0 radical (unpaired) electrons. The van der Waals surface area contributed by atoms with Gasteiger partial charge in [-0.1, -0.05) is 18.2 Å². The highest BCUT2D eigenvalue weighted by atomic mass is 16.5. The van der Waals surface area contributed by atoms with Crippen molar-refractivity contribution in [2.24, 2.45) is 0 Å². The molecule has 0 bridgehead atoms. The molecule has 0 saturated carbocycles. The quantitative estimate of drug-likeness (QED) is 0.666. The van der Waals surface area contributed by atoms with Crippen LogP contribution in [0.2, 0.25) is 0 Å². The molecule has 1 heterocycles. The Kier molecular flexibility index (Phi) is 3.20. The van der Waals surface area contributed by atoms with Gasteiger partial charge in [0.15, 0.2) is 0 Å². The molecule has 1 aliphatic heterocycles. The summed E-state index contributed by atoms with van der Waals surface area (Å²) in [4.78, 5) is 0. The Hall–Kier alpha value is -1.10. The normalized spacial score (nSPS) is 31.2. The van der Waals surface area contributed by atoms with Crippen LogP contribution in [0.4, 0.5) is 5.69 Å². The van der Waals surface area contributed by atoms with Crippen molar-refractivity contribution in [3.63, 3.8) is 0 Å². The third kappa shape index (κ3) is 2.68. The van der Waals surface area contributed by atoms with Crippen LogP contribution in [0.3, 0.4) is 0 Å². The molecule has 2 rings (SSSR count). The summed E-state index contributed by atoms with van der Waals surface area (Å²) < 4.78 is 5.34. The first-order chi connectivity index (χ1) is 7.25. The SMILES string of the molecule is O[C@@H]1C[C@H](Nc2ccccc2)OC[C@@H]1O. The van der Waals surface area contributed by atoms with Crippen molar-refractivity contribution in [3.8, 4) is 0 Å². The van der Waals surface area contributed by atoms with E-state index >= 15 is 0 Å². The van der Waals surface area contributed by atoms with E-state index < -0.39 is 12.2 Å². The first kappa shape index (κ1) is 10.4. The van der Waals surface area contributed by atoms with E-state index in [9.17, 15) is 10.2 Å². The number of benzene rings is 1. The zero-order valence-electron chi connectivity index (χ0n) is 8.34. The largest absolute Gasteiger partial charge is 0.390 e. The lowest BCUT2D eigenvalue weighted by Gasteiger charge is -2.31. The first-order valence-electron chi connectivity index (χ1n) is 5.05. The molecule has 4 heteroatoms. The highest BCUT2D eigenvalue weighted by Crippen LogP contribution is 2.17. The van der Waals surface area contributed by atoms with Crippen LogP contribution in [0.25, 0.3) is 0 Å². The number of anilines is 1. The molecule has 3 N–H and O–H groups in total. The molecule has 0 aromatic heterocycles. The predicted octanol–water partition coefficient (Wildman–Crippen LogP) is 0.567. The molecule has 0 unspecified atom stereocenters. The molecule has 1 aromatic rings. The molecule has 0 spiro atoms. The van der Waals surface area contributed by atoms with Crippen molar-refractivity contribution in [3.05, 3.63) is 30.3 Å². The second kappa shape index (κ2) is 4.61. The van der Waals surface area contributed by atoms with Gasteiger partial charge in [-0.2, -0.15) is 0 Å². The van der Waals surface area contributed by atoms with Gasteiger partial charge in [-0.3, -0.25) is 0 Å². The Morgan fingerprint density at radius 2 is 1.87 bits per heavy atom. The van der Waals surface area contributed by atoms with Crippen molar-refractivity contribution in [1.29, 1.82) is 0 Å². The maximum absolute atomic E-state index is 9.46. The van der Waals surface area contributed by atoms with Crippen LogP contribution in [-0.4, -0.2) is 35.3 Å². The average molecular weight is 209 g/mol. The van der Waals surface area contributed by atoms with E-state index in [1.165, 1.54) is 0 Å². The van der Waals surface area contributed by atoms with E-state index in [4.69, 9.17) is 4.74 Å². The molecule has 1 fully saturated rings. The van der Waals surface area contributed by atoms with Gasteiger partial charge in [-0.15, -0.1) is 0 Å². The summed E-state index contributed by atoms with van der Waals surface area (Å²) in [6.45, 7) is 0.172. The smallest absolute Gasteiger partial charge is 0.130 e. The highest BCUT2D eigenvalue weighted by Gasteiger charge is 2.27. The van der Waals surface area contributed by atoms with E-state index in [-0.39, 0.29) is 12.8 Å². The second-order valence-electron chi connectivity index (χ2n) is 3.70. The Balaban J connectivity index is 1.91. The van der Waals surface area contributed by atoms with Gasteiger partial charge >= 0.3 is 0 Å². The predicted molar refractivity (Wildman–Crippen MR) is 56.4 cm³/mol. The number of para-hydroxylation sites is 1. The Morgan fingerprint density at radius 1 is 1.13 bits per heavy atom. The monoisotopic (exact) mass is 209 g/mol. The number of aliphatic hydroxyl groups is 2. The second-order valence-corrected chi connectivity index (χ2v) is 3.70. The summed E-state index contributed by atoms with van der Waals surface area (Å²) in [6.07, 6.45) is -1.31. The first-order valence-corrected chi connectivity index (χ1v) is 5.05. The molecular weight excluding hydrogens is 194 g/mol. The van der Waals surface area contributed by atoms with Crippen LogP contribution in [-0.2, 0) is 4.74 Å². The summed E-state index contributed by atoms with van der Waals surface area (Å²) in [5.74, 6) is 0. The topological polar surface area (TPSA) is 61.7 Å². The van der Waals surface area contributed by atoms with E-state index in [0.717, 1.165) is 5.69 Å². The number of aliphatic hydroxyl groups excluding tert-OH is 2. The van der Waals surface area contributed by atoms with Gasteiger partial charge in [0.1, 0.15) is 12.3 Å². The zero-order valence-corrected chi connectivity index (χ0v) is 8.34. The molecule has 1 aromatic carbocycles. The minimum Gasteiger partial charge on any atom is -0.390 e. The summed E-state index contributed by atoms with van der Waals surface area (Å²) in [6, 6.07) is 9.65. The maximum atomic E-state index is 9.46. The van der Waals surface area contributed by atoms with E-state index in [1.807, 2.05) is 30.3 Å². The molecule has 3 atom stereocenters. The third-order valence-electron chi connectivity index (χ3n) is 2.47. The molecule has 15 heavy (non-hydrogen) atoms. The number of rotatable bonds is 2. The molecule has 1 saturated heterocycles. The molecule has 0 amide bonds. The summed E-state index contributed by atoms with van der Waals surface area (Å²) in [5.41, 5.74) is 0.950. The van der Waals surface area contributed by atoms with Crippen molar-refractivity contribution in [2.75, 3.05) is 11.9 Å². The van der Waals surface area contributed by atoms with Gasteiger partial charge < -0.3 is 20.3 Å². The fourth-order valence-corrected chi connectivity index (χ4v) is 1.59. The minimum atomic E-state index is -0.765. The minimum absolute atomic E-state index is 0.172. The lowest BCUT2D eigenvalue weighted by atomic mass is 10.1. The third-order valence-corrected chi connectivity index (χ3v) is 2.47. The van der Waals surface area contributed by atoms with Gasteiger partial charge in [-0.05, 0) is 12.1 Å². The van der Waals surface area contributed by atoms with E-state index in [0.29, 0.717) is 6.42 Å². The zero-order chi connectivity index (χ0) is 10.7. The number of hydrogen-bond acceptors (Lipinski definition) is 4. The van der Waals surface area contributed by atoms with Crippen molar-refractivity contribution < 1.29 is 14.9 Å². The van der Waals surface area contributed by atoms with Gasteiger partial charge in [0.25, 0.3) is 0 Å². The van der Waals surface area contributed by atoms with Crippen molar-refractivity contribution >= 4 is 5.69 Å². The molecule has 82 valence electrons. The van der Waals surface area contributed by atoms with Crippen molar-refractivity contribution in [2.45, 2.75) is 24.9 Å². The Morgan fingerprint density at radius 3 is 2.53 bits per heavy atom. The van der Waals surface area contributed by atoms with Crippen LogP contribution in [0.5, 0.6) is 0 Å². The van der Waals surface area contributed by atoms with Crippen LogP contribution in [0.1, 0.15) is 6.42 Å². The van der Waals surface area contributed by atoms with Gasteiger partial charge in [0, 0.05) is 12.1 Å². The van der Waals surface area contributed by atoms with Gasteiger partial charge in [0.2, 0.25) is 0 Å². The maximum Gasteiger partial charge on any atom is 0.130 e. The van der Waals surface area contributed by atoms with Crippen molar-refractivity contribution in [1.82, 2.24) is 0 Å². The van der Waals surface area contributed by atoms with Gasteiger partial charge in [-0.25, -0.2) is 0 Å². The molecule has 0 aliphatic carbocycles. The summed E-state index contributed by atoms with van der Waals surface area (Å²) in [5, 5.41) is 21.9. The van der Waals surface area contributed by atoms with Crippen LogP contribution in [0.15, 0.2) is 30.3 Å². The molecular formula is C11H15NO3. The van der Waals surface area contributed by atoms with Crippen LogP contribution in [0, 0.1) is 0 Å². The van der Waals surface area contributed by atoms with Gasteiger partial charge in [0.05, 0.1) is 12.7 Å². The fourth-order valence-electron chi connectivity index (χ4n) is 1.59. The van der Waals surface area contributed by atoms with Crippen LogP contribution >= 0.6 is 0 Å². The van der Waals surface area contributed by atoms with E-state index in [1.54, 1.807) is 0 Å². The Bertz CT molecular complexity index is 304. The fraction of sp³-hybridized carbons (Fsp3) is 0.455. The molecule has 4 nitrogen and oxygen atoms in total. The molecule has 1 aliphatic rings. The number of nitrogens with one attached hydrogen (secondary N) is 1. The number of hydrogen-bond donors (Lipinski definition) is 3.